The van der Waals surface area contributed by atoms with Crippen LogP contribution in [0, 0.1) is 12.8 Å². The van der Waals surface area contributed by atoms with E-state index in [1.165, 1.54) is 30.5 Å². The van der Waals surface area contributed by atoms with Crippen LogP contribution in [0.15, 0.2) is 103 Å². The minimum atomic E-state index is -0.986. The predicted octanol–water partition coefficient (Wildman–Crippen LogP) is 7.02. The molecule has 42 heavy (non-hydrogen) atoms. The van der Waals surface area contributed by atoms with Gasteiger partial charge in [0, 0.05) is 35.5 Å². The third kappa shape index (κ3) is 7.38. The highest BCUT2D eigenvalue weighted by atomic mass is 16.5. The zero-order valence-corrected chi connectivity index (χ0v) is 24.0. The monoisotopic (exact) mass is 562 g/mol. The van der Waals surface area contributed by atoms with Gasteiger partial charge in [-0.2, -0.15) is 0 Å². The van der Waals surface area contributed by atoms with E-state index >= 15 is 0 Å². The molecule has 0 radical (unpaired) electrons. The minimum absolute atomic E-state index is 0.155. The summed E-state index contributed by atoms with van der Waals surface area (Å²) in [5, 5.41) is 13.1. The van der Waals surface area contributed by atoms with Gasteiger partial charge in [0.1, 0.15) is 18.4 Å². The van der Waals surface area contributed by atoms with Crippen molar-refractivity contribution in [2.24, 2.45) is 5.92 Å². The summed E-state index contributed by atoms with van der Waals surface area (Å²) in [5.74, 6) is 0.368. The molecule has 1 unspecified atom stereocenters. The Labute approximate surface area is 248 Å². The van der Waals surface area contributed by atoms with Crippen LogP contribution < -0.4 is 15.0 Å². The van der Waals surface area contributed by atoms with E-state index in [4.69, 9.17) is 4.74 Å². The van der Waals surface area contributed by atoms with Crippen LogP contribution in [-0.2, 0) is 11.2 Å². The Morgan fingerprint density at radius 3 is 2.29 bits per heavy atom. The molecule has 1 atom stereocenters. The molecule has 0 spiro atoms. The number of aryl methyl sites for hydroxylation is 1. The summed E-state index contributed by atoms with van der Waals surface area (Å²) in [4.78, 5) is 27.7. The molecule has 4 aromatic carbocycles. The van der Waals surface area contributed by atoms with Crippen LogP contribution in [0.2, 0.25) is 0 Å². The second kappa shape index (κ2) is 13.9. The van der Waals surface area contributed by atoms with Gasteiger partial charge in [-0.1, -0.05) is 79.2 Å². The molecule has 4 aromatic rings. The fourth-order valence-electron chi connectivity index (χ4n) is 5.39. The van der Waals surface area contributed by atoms with E-state index in [1.54, 1.807) is 36.4 Å². The number of rotatable bonds is 14. The first-order chi connectivity index (χ1) is 20.5. The Kier molecular flexibility index (Phi) is 9.55. The van der Waals surface area contributed by atoms with Crippen LogP contribution >= 0.6 is 0 Å². The molecule has 2 N–H and O–H groups in total. The molecule has 0 aliphatic heterocycles. The van der Waals surface area contributed by atoms with E-state index in [9.17, 15) is 14.7 Å². The van der Waals surface area contributed by atoms with Crippen molar-refractivity contribution >= 4 is 23.1 Å². The lowest BCUT2D eigenvalue weighted by Gasteiger charge is -2.34. The Bertz CT molecular complexity index is 1480. The quantitative estimate of drug-likeness (QED) is 0.161. The van der Waals surface area contributed by atoms with Gasteiger partial charge in [-0.05, 0) is 67.1 Å². The van der Waals surface area contributed by atoms with Crippen molar-refractivity contribution in [2.45, 2.75) is 38.6 Å². The van der Waals surface area contributed by atoms with E-state index in [1.807, 2.05) is 42.5 Å². The van der Waals surface area contributed by atoms with Gasteiger partial charge in [0.2, 0.25) is 0 Å². The number of hydrogen-bond acceptors (Lipinski definition) is 5. The molecule has 0 amide bonds. The number of ketones is 1. The van der Waals surface area contributed by atoms with E-state index in [-0.39, 0.29) is 12.2 Å². The van der Waals surface area contributed by atoms with Gasteiger partial charge < -0.3 is 20.1 Å². The van der Waals surface area contributed by atoms with Gasteiger partial charge in [0.15, 0.2) is 5.78 Å². The molecule has 0 bridgehead atoms. The SMILES string of the molecule is Cc1ccccc1N(CCOc1ccc(CC(Nc2ccccc2C(=O)c2ccccc2)C(=O)O)cc1)CC1CCC1. The Morgan fingerprint density at radius 1 is 0.905 bits per heavy atom. The van der Waals surface area contributed by atoms with Gasteiger partial charge in [0.05, 0.1) is 6.54 Å². The van der Waals surface area contributed by atoms with Crippen molar-refractivity contribution in [3.05, 3.63) is 125 Å². The van der Waals surface area contributed by atoms with Crippen LogP contribution in [-0.4, -0.2) is 42.6 Å². The highest BCUT2D eigenvalue weighted by molar-refractivity contribution is 6.12. The number of anilines is 2. The maximum atomic E-state index is 13.1. The fraction of sp³-hybridized carbons (Fsp3) is 0.278. The summed E-state index contributed by atoms with van der Waals surface area (Å²) < 4.78 is 6.11. The van der Waals surface area contributed by atoms with Crippen LogP contribution in [0.5, 0.6) is 5.75 Å². The topological polar surface area (TPSA) is 78.9 Å². The number of ether oxygens (including phenoxy) is 1. The molecule has 216 valence electrons. The highest BCUT2D eigenvalue weighted by Crippen LogP contribution is 2.30. The molecule has 6 heteroatoms. The van der Waals surface area contributed by atoms with Crippen LogP contribution in [0.4, 0.5) is 11.4 Å². The average molecular weight is 563 g/mol. The number of carbonyl (C=O) groups is 2. The maximum Gasteiger partial charge on any atom is 0.326 e. The van der Waals surface area contributed by atoms with Crippen LogP contribution in [0.3, 0.4) is 0 Å². The predicted molar refractivity (Wildman–Crippen MR) is 168 cm³/mol. The number of nitrogens with zero attached hydrogens (tertiary/aromatic N) is 1. The number of carbonyl (C=O) groups excluding carboxylic acids is 1. The molecule has 1 aliphatic carbocycles. The van der Waals surface area contributed by atoms with E-state index in [2.05, 4.69) is 41.4 Å². The number of aliphatic carboxylic acids is 1. The highest BCUT2D eigenvalue weighted by Gasteiger charge is 2.23. The van der Waals surface area contributed by atoms with Crippen molar-refractivity contribution in [1.82, 2.24) is 0 Å². The molecule has 6 nitrogen and oxygen atoms in total. The van der Waals surface area contributed by atoms with E-state index < -0.39 is 12.0 Å². The lowest BCUT2D eigenvalue weighted by atomic mass is 9.85. The Morgan fingerprint density at radius 2 is 1.60 bits per heavy atom. The smallest absolute Gasteiger partial charge is 0.326 e. The molecule has 5 rings (SSSR count). The number of benzene rings is 4. The van der Waals surface area contributed by atoms with Gasteiger partial charge in [-0.25, -0.2) is 4.79 Å². The van der Waals surface area contributed by atoms with Gasteiger partial charge >= 0.3 is 5.97 Å². The normalized spacial score (nSPS) is 13.5. The first-order valence-corrected chi connectivity index (χ1v) is 14.7. The van der Waals surface area contributed by atoms with Crippen LogP contribution in [0.25, 0.3) is 0 Å². The Balaban J connectivity index is 1.20. The van der Waals surface area contributed by atoms with Crippen molar-refractivity contribution in [1.29, 1.82) is 0 Å². The first-order valence-electron chi connectivity index (χ1n) is 14.7. The maximum absolute atomic E-state index is 13.1. The van der Waals surface area contributed by atoms with Gasteiger partial charge in [-0.15, -0.1) is 0 Å². The summed E-state index contributed by atoms with van der Waals surface area (Å²) in [6.45, 7) is 4.57. The standard InChI is InChI=1S/C36H38N2O4/c1-26-10-5-8-17-34(26)38(25-28-11-9-12-28)22-23-42-30-20-18-27(19-21-30)24-33(36(40)41)37-32-16-7-6-15-31(32)35(39)29-13-3-2-4-14-29/h2-8,10,13-21,28,33,37H,9,11-12,22-25H2,1H3,(H,40,41). The summed E-state index contributed by atoms with van der Waals surface area (Å²) in [5.41, 5.74) is 4.90. The second-order valence-electron chi connectivity index (χ2n) is 11.0. The Hall–Kier alpha value is -4.58. The summed E-state index contributed by atoms with van der Waals surface area (Å²) >= 11 is 0. The summed E-state index contributed by atoms with van der Waals surface area (Å²) in [6, 6.07) is 31.2. The summed E-state index contributed by atoms with van der Waals surface area (Å²) in [6.07, 6.45) is 4.18. The number of hydrogen-bond donors (Lipinski definition) is 2. The zero-order chi connectivity index (χ0) is 29.3. The number of nitrogens with one attached hydrogen (secondary N) is 1. The third-order valence-corrected chi connectivity index (χ3v) is 7.99. The van der Waals surface area contributed by atoms with E-state index in [0.29, 0.717) is 23.4 Å². The summed E-state index contributed by atoms with van der Waals surface area (Å²) in [7, 11) is 0. The van der Waals surface area contributed by atoms with Gasteiger partial charge in [-0.3, -0.25) is 4.79 Å². The molecule has 0 saturated heterocycles. The minimum Gasteiger partial charge on any atom is -0.492 e. The molecule has 1 aliphatic rings. The lowest BCUT2D eigenvalue weighted by Crippen LogP contribution is -2.36. The second-order valence-corrected chi connectivity index (χ2v) is 11.0. The number of para-hydroxylation sites is 2. The molecule has 1 fully saturated rings. The zero-order valence-electron chi connectivity index (χ0n) is 24.0. The van der Waals surface area contributed by atoms with E-state index in [0.717, 1.165) is 30.3 Å². The largest absolute Gasteiger partial charge is 0.492 e. The first kappa shape index (κ1) is 28.9. The number of carboxylic acid groups (broad SMARTS) is 1. The fourth-order valence-corrected chi connectivity index (χ4v) is 5.39. The van der Waals surface area contributed by atoms with Gasteiger partial charge in [0.25, 0.3) is 0 Å². The lowest BCUT2D eigenvalue weighted by molar-refractivity contribution is -0.137. The van der Waals surface area contributed by atoms with Crippen molar-refractivity contribution in [3.8, 4) is 5.75 Å². The molecule has 0 heterocycles. The third-order valence-electron chi connectivity index (χ3n) is 7.99. The number of carboxylic acids is 1. The van der Waals surface area contributed by atoms with Crippen molar-refractivity contribution < 1.29 is 19.4 Å². The molecular formula is C36H38N2O4. The molecule has 0 aromatic heterocycles. The van der Waals surface area contributed by atoms with Crippen LogP contribution in [0.1, 0.15) is 46.3 Å². The molecule has 1 saturated carbocycles. The molecular weight excluding hydrogens is 524 g/mol. The average Bonchev–Trinajstić information content (AvgIpc) is 2.99. The van der Waals surface area contributed by atoms with Crippen molar-refractivity contribution in [2.75, 3.05) is 29.9 Å². The van der Waals surface area contributed by atoms with Crippen molar-refractivity contribution in [3.63, 3.8) is 0 Å².